The van der Waals surface area contributed by atoms with Crippen LogP contribution in [0.15, 0.2) is 29.2 Å². The van der Waals surface area contributed by atoms with Crippen molar-refractivity contribution in [2.24, 2.45) is 0 Å². The molecule has 0 spiro atoms. The average molecular weight is 320 g/mol. The van der Waals surface area contributed by atoms with Crippen molar-refractivity contribution >= 4 is 27.6 Å². The zero-order valence-electron chi connectivity index (χ0n) is 10.5. The van der Waals surface area contributed by atoms with Gasteiger partial charge in [-0.15, -0.1) is 0 Å². The Morgan fingerprint density at radius 2 is 2.00 bits per heavy atom. The Balaban J connectivity index is 2.36. The number of aliphatic carboxylic acids is 1. The van der Waals surface area contributed by atoms with Gasteiger partial charge in [0.05, 0.1) is 11.6 Å². The number of benzene rings is 1. The topological polar surface area (TPSA) is 94.9 Å². The number of hydrogen-bond acceptors (Lipinski definition) is 4. The van der Waals surface area contributed by atoms with Crippen LogP contribution in [0.25, 0.3) is 0 Å². The number of carboxylic acids is 1. The van der Waals surface area contributed by atoms with Gasteiger partial charge >= 0.3 is 5.97 Å². The first-order chi connectivity index (χ1) is 9.27. The summed E-state index contributed by atoms with van der Waals surface area (Å²) in [6, 6.07) is 5.94. The molecule has 1 unspecified atom stereocenters. The maximum absolute atomic E-state index is 12.5. The van der Waals surface area contributed by atoms with Crippen molar-refractivity contribution in [3.8, 4) is 0 Å². The molecule has 1 fully saturated rings. The van der Waals surface area contributed by atoms with Gasteiger partial charge in [0.1, 0.15) is 4.90 Å². The minimum Gasteiger partial charge on any atom is -0.479 e. The van der Waals surface area contributed by atoms with Crippen LogP contribution < -0.4 is 0 Å². The van der Waals surface area contributed by atoms with Crippen molar-refractivity contribution in [3.05, 3.63) is 29.3 Å². The van der Waals surface area contributed by atoms with Gasteiger partial charge in [-0.1, -0.05) is 23.7 Å². The first kappa shape index (κ1) is 15.2. The fourth-order valence-electron chi connectivity index (χ4n) is 2.17. The van der Waals surface area contributed by atoms with Crippen LogP contribution in [0.2, 0.25) is 5.02 Å². The summed E-state index contributed by atoms with van der Waals surface area (Å²) in [6.45, 7) is -0.320. The zero-order chi connectivity index (χ0) is 15.0. The standard InChI is InChI=1S/C12H14ClNO5S/c13-9-4-1-2-5-10(9)20(18,19)14-7-3-6-12(17,8-14)11(15)16/h1-2,4-5,17H,3,6-8H2,(H,15,16). The van der Waals surface area contributed by atoms with Crippen LogP contribution >= 0.6 is 11.6 Å². The number of rotatable bonds is 3. The van der Waals surface area contributed by atoms with E-state index in [-0.39, 0.29) is 29.3 Å². The lowest BCUT2D eigenvalue weighted by molar-refractivity contribution is -0.162. The van der Waals surface area contributed by atoms with Gasteiger partial charge in [0.15, 0.2) is 5.60 Å². The molecule has 1 aromatic carbocycles. The van der Waals surface area contributed by atoms with Gasteiger partial charge in [-0.05, 0) is 25.0 Å². The fraction of sp³-hybridized carbons (Fsp3) is 0.417. The van der Waals surface area contributed by atoms with Gasteiger partial charge in [-0.3, -0.25) is 0 Å². The van der Waals surface area contributed by atoms with E-state index in [1.807, 2.05) is 0 Å². The first-order valence-electron chi connectivity index (χ1n) is 5.98. The lowest BCUT2D eigenvalue weighted by Gasteiger charge is -2.35. The third-order valence-corrected chi connectivity index (χ3v) is 5.63. The SMILES string of the molecule is O=C(O)C1(O)CCCN(S(=O)(=O)c2ccccc2Cl)C1. The number of sulfonamides is 1. The molecule has 1 heterocycles. The summed E-state index contributed by atoms with van der Waals surface area (Å²) in [5.74, 6) is -1.42. The fourth-order valence-corrected chi connectivity index (χ4v) is 4.19. The monoisotopic (exact) mass is 319 g/mol. The van der Waals surface area contributed by atoms with E-state index in [0.717, 1.165) is 4.31 Å². The van der Waals surface area contributed by atoms with Crippen LogP contribution in [0.4, 0.5) is 0 Å². The molecule has 110 valence electrons. The van der Waals surface area contributed by atoms with Crippen LogP contribution in [-0.2, 0) is 14.8 Å². The molecule has 20 heavy (non-hydrogen) atoms. The van der Waals surface area contributed by atoms with Crippen molar-refractivity contribution in [1.82, 2.24) is 4.31 Å². The maximum Gasteiger partial charge on any atom is 0.337 e. The van der Waals surface area contributed by atoms with E-state index in [1.54, 1.807) is 6.07 Å². The molecule has 1 atom stereocenters. The Bertz CT molecular complexity index is 632. The molecule has 1 aromatic rings. The van der Waals surface area contributed by atoms with E-state index in [9.17, 15) is 18.3 Å². The summed E-state index contributed by atoms with van der Waals surface area (Å²) < 4.78 is 25.9. The number of halogens is 1. The van der Waals surface area contributed by atoms with Gasteiger partial charge in [0, 0.05) is 6.54 Å². The minimum atomic E-state index is -3.92. The Hall–Kier alpha value is -1.15. The number of hydrogen-bond donors (Lipinski definition) is 2. The Kier molecular flexibility index (Phi) is 4.06. The molecule has 0 aromatic heterocycles. The number of nitrogens with zero attached hydrogens (tertiary/aromatic N) is 1. The van der Waals surface area contributed by atoms with Crippen molar-refractivity contribution < 1.29 is 23.4 Å². The number of carbonyl (C=O) groups is 1. The maximum atomic E-state index is 12.5. The summed E-state index contributed by atoms with van der Waals surface area (Å²) >= 11 is 5.88. The highest BCUT2D eigenvalue weighted by molar-refractivity contribution is 7.89. The zero-order valence-corrected chi connectivity index (χ0v) is 12.1. The Morgan fingerprint density at radius 1 is 1.35 bits per heavy atom. The number of aliphatic hydroxyl groups is 1. The van der Waals surface area contributed by atoms with E-state index >= 15 is 0 Å². The second kappa shape index (κ2) is 5.33. The van der Waals surface area contributed by atoms with E-state index in [2.05, 4.69) is 0 Å². The predicted molar refractivity (Wildman–Crippen MR) is 72.0 cm³/mol. The van der Waals surface area contributed by atoms with Gasteiger partial charge in [0.2, 0.25) is 10.0 Å². The van der Waals surface area contributed by atoms with Gasteiger partial charge < -0.3 is 10.2 Å². The second-order valence-electron chi connectivity index (χ2n) is 4.71. The minimum absolute atomic E-state index is 0.0247. The molecule has 2 rings (SSSR count). The number of carboxylic acid groups (broad SMARTS) is 1. The van der Waals surface area contributed by atoms with Gasteiger partial charge in [-0.2, -0.15) is 4.31 Å². The molecular weight excluding hydrogens is 306 g/mol. The highest BCUT2D eigenvalue weighted by Crippen LogP contribution is 2.29. The van der Waals surface area contributed by atoms with Crippen molar-refractivity contribution in [2.45, 2.75) is 23.3 Å². The van der Waals surface area contributed by atoms with Gasteiger partial charge in [-0.25, -0.2) is 13.2 Å². The largest absolute Gasteiger partial charge is 0.479 e. The molecular formula is C12H14ClNO5S. The highest BCUT2D eigenvalue weighted by Gasteiger charge is 2.44. The Morgan fingerprint density at radius 3 is 2.60 bits per heavy atom. The normalized spacial score (nSPS) is 24.5. The molecule has 6 nitrogen and oxygen atoms in total. The van der Waals surface area contributed by atoms with E-state index in [0.29, 0.717) is 0 Å². The molecule has 1 aliphatic rings. The quantitative estimate of drug-likeness (QED) is 0.864. The molecule has 1 aliphatic heterocycles. The first-order valence-corrected chi connectivity index (χ1v) is 7.80. The van der Waals surface area contributed by atoms with Crippen molar-refractivity contribution in [2.75, 3.05) is 13.1 Å². The molecule has 0 saturated carbocycles. The summed E-state index contributed by atoms with van der Waals surface area (Å²) in [5, 5.41) is 19.0. The smallest absolute Gasteiger partial charge is 0.337 e. The second-order valence-corrected chi connectivity index (χ2v) is 7.02. The van der Waals surface area contributed by atoms with Crippen LogP contribution in [0, 0.1) is 0 Å². The third-order valence-electron chi connectivity index (χ3n) is 3.29. The highest BCUT2D eigenvalue weighted by atomic mass is 35.5. The average Bonchev–Trinajstić information content (AvgIpc) is 2.39. The van der Waals surface area contributed by atoms with Crippen LogP contribution in [0.1, 0.15) is 12.8 Å². The van der Waals surface area contributed by atoms with Gasteiger partial charge in [0.25, 0.3) is 0 Å². The summed E-state index contributed by atoms with van der Waals surface area (Å²) in [7, 11) is -3.92. The van der Waals surface area contributed by atoms with Crippen LogP contribution in [0.3, 0.4) is 0 Å². The molecule has 0 aliphatic carbocycles. The van der Waals surface area contributed by atoms with Crippen molar-refractivity contribution in [3.63, 3.8) is 0 Å². The van der Waals surface area contributed by atoms with E-state index in [4.69, 9.17) is 16.7 Å². The van der Waals surface area contributed by atoms with E-state index in [1.165, 1.54) is 18.2 Å². The molecule has 2 N–H and O–H groups in total. The summed E-state index contributed by atoms with van der Waals surface area (Å²) in [5.41, 5.74) is -2.05. The third kappa shape index (κ3) is 2.67. The number of β-amino-alcohol motifs (C(OH)–C–C–N with tert-alkyl or cyclic N) is 1. The predicted octanol–water partition coefficient (Wildman–Crippen LogP) is 0.940. The van der Waals surface area contributed by atoms with E-state index < -0.39 is 28.1 Å². The lowest BCUT2D eigenvalue weighted by atomic mass is 9.95. The van der Waals surface area contributed by atoms with Crippen LogP contribution in [-0.4, -0.2) is 47.6 Å². The van der Waals surface area contributed by atoms with Crippen LogP contribution in [0.5, 0.6) is 0 Å². The molecule has 0 bridgehead atoms. The summed E-state index contributed by atoms with van der Waals surface area (Å²) in [6.07, 6.45) is 0.295. The molecule has 1 saturated heterocycles. The summed E-state index contributed by atoms with van der Waals surface area (Å²) in [4.78, 5) is 11.0. The molecule has 8 heteroatoms. The molecule has 0 amide bonds. The Labute approximate surface area is 121 Å². The lowest BCUT2D eigenvalue weighted by Crippen LogP contribution is -2.54. The molecule has 0 radical (unpaired) electrons. The number of piperidine rings is 1. The van der Waals surface area contributed by atoms with Crippen molar-refractivity contribution in [1.29, 1.82) is 0 Å².